The van der Waals surface area contributed by atoms with Crippen molar-refractivity contribution in [3.63, 3.8) is 0 Å². The molecule has 0 atom stereocenters. The summed E-state index contributed by atoms with van der Waals surface area (Å²) in [4.78, 5) is 34.1. The number of carbonyl (C=O) groups is 3. The molecule has 0 spiro atoms. The van der Waals surface area contributed by atoms with Crippen molar-refractivity contribution in [1.29, 1.82) is 0 Å². The highest BCUT2D eigenvalue weighted by molar-refractivity contribution is 5.76. The Labute approximate surface area is 300 Å². The summed E-state index contributed by atoms with van der Waals surface area (Å²) in [5, 5.41) is 6.03. The fourth-order valence-corrected chi connectivity index (χ4v) is 6.04. The Morgan fingerprint density at radius 2 is 0.562 bits per heavy atom. The molecule has 0 aliphatic rings. The first kappa shape index (κ1) is 48.5. The quantitative estimate of drug-likeness (QED) is 0.0569. The van der Waals surface area contributed by atoms with Crippen LogP contribution >= 0.6 is 0 Å². The third kappa shape index (κ3) is 46.5. The van der Waals surface area contributed by atoms with Crippen LogP contribution in [0.15, 0.2) is 0 Å². The number of hydrogen-bond acceptors (Lipinski definition) is 3. The molecule has 0 saturated heterocycles. The fraction of sp³-hybridized carbons (Fsp3) is 0.929. The van der Waals surface area contributed by atoms with Gasteiger partial charge in [0.15, 0.2) is 0 Å². The van der Waals surface area contributed by atoms with E-state index in [2.05, 4.69) is 31.4 Å². The number of unbranched alkanes of at least 4 members (excludes halogenated alkanes) is 27. The van der Waals surface area contributed by atoms with Gasteiger partial charge in [-0.3, -0.25) is 14.4 Å². The van der Waals surface area contributed by atoms with Crippen LogP contribution in [0, 0.1) is 0 Å². The topological polar surface area (TPSA) is 101 Å². The van der Waals surface area contributed by atoms with E-state index >= 15 is 0 Å². The van der Waals surface area contributed by atoms with E-state index in [0.29, 0.717) is 19.3 Å². The molecule has 0 rings (SSSR count). The first-order chi connectivity index (χ1) is 23.5. The van der Waals surface area contributed by atoms with Gasteiger partial charge in [-0.1, -0.05) is 188 Å². The van der Waals surface area contributed by atoms with Gasteiger partial charge in [0, 0.05) is 32.4 Å². The number of hydrogen-bond donors (Lipinski definition) is 3. The van der Waals surface area contributed by atoms with Crippen LogP contribution in [0.5, 0.6) is 0 Å². The van der Waals surface area contributed by atoms with Gasteiger partial charge in [0.1, 0.15) is 0 Å². The maximum atomic E-state index is 11.9. The van der Waals surface area contributed by atoms with Crippen molar-refractivity contribution < 1.29 is 14.4 Å². The molecular weight excluding hydrogens is 594 g/mol. The van der Waals surface area contributed by atoms with E-state index < -0.39 is 0 Å². The molecule has 6 heteroatoms. The Balaban J connectivity index is 0. The fourth-order valence-electron chi connectivity index (χ4n) is 6.04. The molecule has 6 nitrogen and oxygen atoms in total. The molecule has 0 saturated carbocycles. The molecule has 4 N–H and O–H groups in total. The van der Waals surface area contributed by atoms with Gasteiger partial charge in [0.2, 0.25) is 17.7 Å². The Kier molecular flexibility index (Phi) is 43.9. The minimum absolute atomic E-state index is 0.157. The van der Waals surface area contributed by atoms with Gasteiger partial charge < -0.3 is 16.4 Å². The lowest BCUT2D eigenvalue weighted by Gasteiger charge is -2.06. The smallest absolute Gasteiger partial charge is 0.219 e. The van der Waals surface area contributed by atoms with Crippen molar-refractivity contribution in [3.05, 3.63) is 0 Å². The van der Waals surface area contributed by atoms with Crippen LogP contribution in [0.2, 0.25) is 0 Å². The molecule has 286 valence electrons. The SMILES string of the molecule is CCCCCCCCCCCCCC(N)=O.CCCCCCCCCCCCCCCC(=O)NCCCCCC(=O)NCCCCCC. The van der Waals surface area contributed by atoms with E-state index in [4.69, 9.17) is 5.73 Å². The van der Waals surface area contributed by atoms with Crippen LogP contribution in [0.25, 0.3) is 0 Å². The van der Waals surface area contributed by atoms with Crippen LogP contribution in [0.4, 0.5) is 0 Å². The predicted molar refractivity (Wildman–Crippen MR) is 209 cm³/mol. The molecule has 0 aliphatic heterocycles. The highest BCUT2D eigenvalue weighted by atomic mass is 16.2. The van der Waals surface area contributed by atoms with Crippen molar-refractivity contribution >= 4 is 17.7 Å². The number of primary amides is 1. The minimum Gasteiger partial charge on any atom is -0.370 e. The van der Waals surface area contributed by atoms with Gasteiger partial charge in [-0.2, -0.15) is 0 Å². The lowest BCUT2D eigenvalue weighted by atomic mass is 10.0. The molecule has 0 unspecified atom stereocenters. The van der Waals surface area contributed by atoms with E-state index in [1.54, 1.807) is 0 Å². The minimum atomic E-state index is -0.157. The van der Waals surface area contributed by atoms with Crippen LogP contribution in [0.1, 0.15) is 239 Å². The van der Waals surface area contributed by atoms with Crippen LogP contribution in [-0.2, 0) is 14.4 Å². The first-order valence-corrected chi connectivity index (χ1v) is 21.3. The van der Waals surface area contributed by atoms with Crippen LogP contribution < -0.4 is 16.4 Å². The zero-order chi connectivity index (χ0) is 35.6. The summed E-state index contributed by atoms with van der Waals surface area (Å²) in [5.74, 6) is 0.210. The highest BCUT2D eigenvalue weighted by Crippen LogP contribution is 2.14. The summed E-state index contributed by atoms with van der Waals surface area (Å²) in [5.41, 5.74) is 5.07. The number of nitrogens with two attached hydrogens (primary N) is 1. The summed E-state index contributed by atoms with van der Waals surface area (Å²) in [6.45, 7) is 8.28. The average Bonchev–Trinajstić information content (AvgIpc) is 3.07. The molecule has 0 heterocycles. The van der Waals surface area contributed by atoms with Gasteiger partial charge in [-0.25, -0.2) is 0 Å². The van der Waals surface area contributed by atoms with Gasteiger partial charge in [-0.15, -0.1) is 0 Å². The van der Waals surface area contributed by atoms with Crippen molar-refractivity contribution in [2.24, 2.45) is 5.73 Å². The number of nitrogens with one attached hydrogen (secondary N) is 2. The zero-order valence-electron chi connectivity index (χ0n) is 32.8. The molecule has 0 aromatic carbocycles. The maximum absolute atomic E-state index is 11.9. The molecule has 0 aromatic heterocycles. The number of rotatable bonds is 37. The van der Waals surface area contributed by atoms with Crippen LogP contribution in [0.3, 0.4) is 0 Å². The van der Waals surface area contributed by atoms with Crippen molar-refractivity contribution in [3.8, 4) is 0 Å². The molecule has 0 radical (unpaired) electrons. The Morgan fingerprint density at radius 1 is 0.333 bits per heavy atom. The molecule has 0 bridgehead atoms. The van der Waals surface area contributed by atoms with Gasteiger partial charge in [0.25, 0.3) is 0 Å². The molecule has 0 fully saturated rings. The lowest BCUT2D eigenvalue weighted by Crippen LogP contribution is -2.25. The second kappa shape index (κ2) is 43.4. The second-order valence-electron chi connectivity index (χ2n) is 14.3. The van der Waals surface area contributed by atoms with Crippen molar-refractivity contribution in [2.45, 2.75) is 239 Å². The summed E-state index contributed by atoms with van der Waals surface area (Å²) in [6, 6.07) is 0. The zero-order valence-corrected chi connectivity index (χ0v) is 32.8. The summed E-state index contributed by atoms with van der Waals surface area (Å²) in [6.07, 6.45) is 41.3. The number of amides is 3. The summed E-state index contributed by atoms with van der Waals surface area (Å²) < 4.78 is 0. The second-order valence-corrected chi connectivity index (χ2v) is 14.3. The van der Waals surface area contributed by atoms with Crippen molar-refractivity contribution in [2.75, 3.05) is 13.1 Å². The third-order valence-electron chi connectivity index (χ3n) is 9.29. The summed E-state index contributed by atoms with van der Waals surface area (Å²) >= 11 is 0. The van der Waals surface area contributed by atoms with Gasteiger partial charge >= 0.3 is 0 Å². The maximum Gasteiger partial charge on any atom is 0.219 e. The molecular formula is C42H85N3O3. The third-order valence-corrected chi connectivity index (χ3v) is 9.29. The monoisotopic (exact) mass is 680 g/mol. The molecule has 3 amide bonds. The molecule has 0 aromatic rings. The standard InChI is InChI=1S/C28H56N2O2.C14H29NO/c1-3-5-7-9-10-11-12-13-14-15-16-17-19-23-27(31)30-26-22-18-20-24-28(32)29-25-21-8-6-4-2;1-2-3-4-5-6-7-8-9-10-11-12-13-14(15)16/h3-26H2,1-2H3,(H,29,32)(H,30,31);2-13H2,1H3,(H2,15,16). The van der Waals surface area contributed by atoms with Gasteiger partial charge in [-0.05, 0) is 32.1 Å². The molecule has 0 aliphatic carbocycles. The van der Waals surface area contributed by atoms with Crippen LogP contribution in [-0.4, -0.2) is 30.8 Å². The Bertz CT molecular complexity index is 671. The predicted octanol–water partition coefficient (Wildman–Crippen LogP) is 12.0. The van der Waals surface area contributed by atoms with E-state index in [1.165, 1.54) is 161 Å². The Morgan fingerprint density at radius 3 is 0.854 bits per heavy atom. The van der Waals surface area contributed by atoms with Gasteiger partial charge in [0.05, 0.1) is 0 Å². The van der Waals surface area contributed by atoms with E-state index in [0.717, 1.165) is 51.6 Å². The summed E-state index contributed by atoms with van der Waals surface area (Å²) in [7, 11) is 0. The lowest BCUT2D eigenvalue weighted by molar-refractivity contribution is -0.122. The highest BCUT2D eigenvalue weighted by Gasteiger charge is 2.03. The van der Waals surface area contributed by atoms with E-state index in [1.807, 2.05) is 0 Å². The van der Waals surface area contributed by atoms with Crippen molar-refractivity contribution in [1.82, 2.24) is 10.6 Å². The first-order valence-electron chi connectivity index (χ1n) is 21.3. The average molecular weight is 680 g/mol. The number of carbonyl (C=O) groups excluding carboxylic acids is 3. The molecule has 48 heavy (non-hydrogen) atoms. The normalized spacial score (nSPS) is 10.8. The van der Waals surface area contributed by atoms with E-state index in [9.17, 15) is 14.4 Å². The largest absolute Gasteiger partial charge is 0.370 e. The Hall–Kier alpha value is -1.59. The van der Waals surface area contributed by atoms with E-state index in [-0.39, 0.29) is 17.7 Å².